The Kier molecular flexibility index (Phi) is 5.25. The Balaban J connectivity index is 1.76. The number of sulfonamides is 1. The third-order valence-electron chi connectivity index (χ3n) is 3.07. The first-order chi connectivity index (χ1) is 8.97. The van der Waals surface area contributed by atoms with E-state index in [1.54, 1.807) is 13.1 Å². The number of hydrogen-bond acceptors (Lipinski definition) is 4. The van der Waals surface area contributed by atoms with E-state index >= 15 is 0 Å². The van der Waals surface area contributed by atoms with Gasteiger partial charge in [-0.15, -0.1) is 11.3 Å². The maximum Gasteiger partial charge on any atom is 0.214 e. The van der Waals surface area contributed by atoms with Crippen LogP contribution in [0.15, 0.2) is 12.1 Å². The first-order valence-corrected chi connectivity index (χ1v) is 9.19. The van der Waals surface area contributed by atoms with Gasteiger partial charge < -0.3 is 5.32 Å². The van der Waals surface area contributed by atoms with E-state index in [2.05, 4.69) is 5.32 Å². The fourth-order valence-electron chi connectivity index (χ4n) is 1.76. The molecule has 4 nitrogen and oxygen atoms in total. The molecule has 0 atom stereocenters. The van der Waals surface area contributed by atoms with Gasteiger partial charge >= 0.3 is 0 Å². The third-order valence-corrected chi connectivity index (χ3v) is 6.17. The van der Waals surface area contributed by atoms with Crippen LogP contribution in [0.3, 0.4) is 0 Å². The van der Waals surface area contributed by atoms with Crippen molar-refractivity contribution in [2.24, 2.45) is 0 Å². The lowest BCUT2D eigenvalue weighted by atomic mass is 10.5. The summed E-state index contributed by atoms with van der Waals surface area (Å²) in [5, 5.41) is 3.32. The lowest BCUT2D eigenvalue weighted by molar-refractivity contribution is 0.467. The summed E-state index contributed by atoms with van der Waals surface area (Å²) >= 11 is 7.26. The Morgan fingerprint density at radius 3 is 2.79 bits per heavy atom. The molecule has 1 fully saturated rings. The minimum Gasteiger partial charge on any atom is -0.314 e. The van der Waals surface area contributed by atoms with Gasteiger partial charge in [-0.3, -0.25) is 0 Å². The molecule has 1 saturated carbocycles. The first kappa shape index (κ1) is 15.3. The van der Waals surface area contributed by atoms with Crippen LogP contribution in [0.5, 0.6) is 0 Å². The molecule has 1 N–H and O–H groups in total. The van der Waals surface area contributed by atoms with Crippen LogP contribution in [0.25, 0.3) is 0 Å². The van der Waals surface area contributed by atoms with E-state index in [9.17, 15) is 8.42 Å². The van der Waals surface area contributed by atoms with E-state index < -0.39 is 10.0 Å². The number of thiophene rings is 1. The molecule has 0 saturated heterocycles. The van der Waals surface area contributed by atoms with Crippen LogP contribution >= 0.6 is 22.9 Å². The van der Waals surface area contributed by atoms with Gasteiger partial charge in [-0.25, -0.2) is 8.42 Å². The molecule has 7 heteroatoms. The fourth-order valence-corrected chi connectivity index (χ4v) is 4.14. The van der Waals surface area contributed by atoms with E-state index in [1.807, 2.05) is 6.07 Å². The zero-order chi connectivity index (χ0) is 13.9. The number of hydrogen-bond donors (Lipinski definition) is 1. The van der Waals surface area contributed by atoms with E-state index in [1.165, 1.54) is 28.5 Å². The average Bonchev–Trinajstić information content (AvgIpc) is 3.08. The molecule has 1 aromatic rings. The largest absolute Gasteiger partial charge is 0.314 e. The molecule has 1 aliphatic rings. The minimum absolute atomic E-state index is 0.197. The van der Waals surface area contributed by atoms with Gasteiger partial charge in [0.2, 0.25) is 10.0 Å². The molecular weight excluding hydrogens is 304 g/mol. The predicted molar refractivity (Wildman–Crippen MR) is 80.2 cm³/mol. The highest BCUT2D eigenvalue weighted by Gasteiger charge is 2.21. The smallest absolute Gasteiger partial charge is 0.214 e. The molecule has 0 aliphatic heterocycles. The number of nitrogens with zero attached hydrogens (tertiary/aromatic N) is 1. The van der Waals surface area contributed by atoms with Gasteiger partial charge in [0.15, 0.2) is 0 Å². The van der Waals surface area contributed by atoms with Crippen molar-refractivity contribution in [3.8, 4) is 0 Å². The molecule has 0 bridgehead atoms. The second-order valence-corrected chi connectivity index (χ2v) is 8.85. The topological polar surface area (TPSA) is 49.4 Å². The first-order valence-electron chi connectivity index (χ1n) is 6.39. The summed E-state index contributed by atoms with van der Waals surface area (Å²) < 4.78 is 26.2. The van der Waals surface area contributed by atoms with Crippen molar-refractivity contribution in [2.75, 3.05) is 19.3 Å². The quantitative estimate of drug-likeness (QED) is 0.747. The molecule has 0 spiro atoms. The van der Waals surface area contributed by atoms with Gasteiger partial charge in [-0.05, 0) is 37.9 Å². The maximum absolute atomic E-state index is 12.1. The van der Waals surface area contributed by atoms with E-state index in [0.717, 1.165) is 11.4 Å². The minimum atomic E-state index is -3.17. The number of nitrogens with one attached hydrogen (secondary N) is 1. The van der Waals surface area contributed by atoms with Crippen molar-refractivity contribution in [1.29, 1.82) is 0 Å². The summed E-state index contributed by atoms with van der Waals surface area (Å²) in [5.41, 5.74) is 0. The predicted octanol–water partition coefficient (Wildman–Crippen LogP) is 2.31. The molecule has 1 aliphatic carbocycles. The highest BCUT2D eigenvalue weighted by Crippen LogP contribution is 2.23. The molecule has 0 radical (unpaired) electrons. The molecule has 0 unspecified atom stereocenters. The van der Waals surface area contributed by atoms with Gasteiger partial charge in [-0.1, -0.05) is 11.6 Å². The van der Waals surface area contributed by atoms with Crippen molar-refractivity contribution in [1.82, 2.24) is 9.62 Å². The van der Waals surface area contributed by atoms with Crippen molar-refractivity contribution in [3.05, 3.63) is 21.3 Å². The Morgan fingerprint density at radius 2 is 2.21 bits per heavy atom. The van der Waals surface area contributed by atoms with Gasteiger partial charge in [0.05, 0.1) is 10.1 Å². The fraction of sp³-hybridized carbons (Fsp3) is 0.667. The zero-order valence-corrected chi connectivity index (χ0v) is 13.3. The molecule has 1 aromatic heterocycles. The van der Waals surface area contributed by atoms with Crippen LogP contribution in [-0.4, -0.2) is 38.1 Å². The van der Waals surface area contributed by atoms with Crippen LogP contribution in [0.2, 0.25) is 4.34 Å². The van der Waals surface area contributed by atoms with Gasteiger partial charge in [0.1, 0.15) is 0 Å². The lowest BCUT2D eigenvalue weighted by Gasteiger charge is -2.16. The van der Waals surface area contributed by atoms with Crippen molar-refractivity contribution < 1.29 is 8.42 Å². The molecule has 108 valence electrons. The van der Waals surface area contributed by atoms with E-state index in [-0.39, 0.29) is 5.75 Å². The Morgan fingerprint density at radius 1 is 1.47 bits per heavy atom. The normalized spacial score (nSPS) is 16.2. The summed E-state index contributed by atoms with van der Waals surface area (Å²) in [6.07, 6.45) is 3.12. The van der Waals surface area contributed by atoms with E-state index in [0.29, 0.717) is 23.3 Å². The second-order valence-electron chi connectivity index (χ2n) is 4.86. The van der Waals surface area contributed by atoms with Crippen LogP contribution in [0, 0.1) is 0 Å². The summed E-state index contributed by atoms with van der Waals surface area (Å²) in [7, 11) is -1.55. The lowest BCUT2D eigenvalue weighted by Crippen LogP contribution is -2.30. The summed E-state index contributed by atoms with van der Waals surface area (Å²) in [6.45, 7) is 1.18. The number of halogens is 1. The van der Waals surface area contributed by atoms with Gasteiger partial charge in [0.25, 0.3) is 0 Å². The number of rotatable bonds is 8. The van der Waals surface area contributed by atoms with Crippen LogP contribution in [0.4, 0.5) is 0 Å². The average molecular weight is 323 g/mol. The van der Waals surface area contributed by atoms with Crippen LogP contribution < -0.4 is 5.32 Å². The zero-order valence-electron chi connectivity index (χ0n) is 10.9. The molecule has 0 aromatic carbocycles. The molecular formula is C12H19ClN2O2S2. The van der Waals surface area contributed by atoms with Crippen molar-refractivity contribution >= 4 is 33.0 Å². The molecule has 1 heterocycles. The van der Waals surface area contributed by atoms with Gasteiger partial charge in [0, 0.05) is 24.5 Å². The maximum atomic E-state index is 12.1. The molecule has 19 heavy (non-hydrogen) atoms. The Hall–Kier alpha value is -0.140. The Labute approximate surface area is 123 Å². The van der Waals surface area contributed by atoms with Crippen LogP contribution in [0.1, 0.15) is 24.1 Å². The second kappa shape index (κ2) is 6.54. The third kappa shape index (κ3) is 5.04. The van der Waals surface area contributed by atoms with Crippen molar-refractivity contribution in [2.45, 2.75) is 31.8 Å². The highest BCUT2D eigenvalue weighted by atomic mass is 35.5. The van der Waals surface area contributed by atoms with Crippen molar-refractivity contribution in [3.63, 3.8) is 0 Å². The highest BCUT2D eigenvalue weighted by molar-refractivity contribution is 7.89. The Bertz CT molecular complexity index is 512. The standard InChI is InChI=1S/C12H19ClN2O2S2/c1-15(9-11-5-6-12(13)18-11)19(16,17)8-2-7-14-10-3-4-10/h5-6,10,14H,2-4,7-9H2,1H3. The molecule has 2 rings (SSSR count). The monoisotopic (exact) mass is 322 g/mol. The molecule has 0 amide bonds. The summed E-state index contributed by atoms with van der Waals surface area (Å²) in [5.74, 6) is 0.197. The van der Waals surface area contributed by atoms with E-state index in [4.69, 9.17) is 11.6 Å². The summed E-state index contributed by atoms with van der Waals surface area (Å²) in [6, 6.07) is 4.29. The summed E-state index contributed by atoms with van der Waals surface area (Å²) in [4.78, 5) is 0.965. The van der Waals surface area contributed by atoms with Gasteiger partial charge in [-0.2, -0.15) is 4.31 Å². The SMILES string of the molecule is CN(Cc1ccc(Cl)s1)S(=O)(=O)CCCNC1CC1. The van der Waals surface area contributed by atoms with Crippen LogP contribution in [-0.2, 0) is 16.6 Å².